The van der Waals surface area contributed by atoms with Crippen molar-refractivity contribution in [3.63, 3.8) is 0 Å². The molecule has 3 aromatic carbocycles. The SMILES string of the molecule is Cc1ccc(C(=O)NCC(=O)OCc2cc(Br)cc3c2O[C@@H](c2ccccc2)OC3)cc1. The summed E-state index contributed by atoms with van der Waals surface area (Å²) in [6.07, 6.45) is -0.534. The van der Waals surface area contributed by atoms with Gasteiger partial charge in [-0.15, -0.1) is 0 Å². The number of carbonyl (C=O) groups is 2. The van der Waals surface area contributed by atoms with Gasteiger partial charge in [-0.05, 0) is 31.2 Å². The Kier molecular flexibility index (Phi) is 6.87. The Hall–Kier alpha value is -3.16. The standard InChI is InChI=1S/C25H22BrNO5/c1-16-7-9-17(10-8-16)24(29)27-13-22(28)30-14-19-11-21(26)12-20-15-31-25(32-23(19)20)18-5-3-2-4-6-18/h2-12,25H,13-15H2,1H3,(H,27,29)/t25-/m0/s1. The Balaban J connectivity index is 1.38. The molecule has 1 heterocycles. The second kappa shape index (κ2) is 9.97. The topological polar surface area (TPSA) is 73.9 Å². The maximum absolute atomic E-state index is 12.2. The van der Waals surface area contributed by atoms with Crippen molar-refractivity contribution in [2.75, 3.05) is 6.54 Å². The number of esters is 1. The molecule has 1 atom stereocenters. The molecule has 3 aromatic rings. The van der Waals surface area contributed by atoms with Gasteiger partial charge in [0.15, 0.2) is 0 Å². The lowest BCUT2D eigenvalue weighted by Crippen LogP contribution is -2.30. The molecule has 1 aliphatic heterocycles. The molecule has 0 fully saturated rings. The Morgan fingerprint density at radius 1 is 1.09 bits per heavy atom. The highest BCUT2D eigenvalue weighted by atomic mass is 79.9. The molecular weight excluding hydrogens is 474 g/mol. The van der Waals surface area contributed by atoms with Gasteiger partial charge in [0.05, 0.1) is 6.61 Å². The number of ether oxygens (including phenoxy) is 3. The molecule has 6 nitrogen and oxygen atoms in total. The minimum atomic E-state index is -0.536. The second-order valence-electron chi connectivity index (χ2n) is 7.43. The highest BCUT2D eigenvalue weighted by Crippen LogP contribution is 2.38. The van der Waals surface area contributed by atoms with Crippen molar-refractivity contribution < 1.29 is 23.8 Å². The second-order valence-corrected chi connectivity index (χ2v) is 8.35. The van der Waals surface area contributed by atoms with Crippen LogP contribution in [-0.2, 0) is 27.5 Å². The van der Waals surface area contributed by atoms with Gasteiger partial charge in [0.1, 0.15) is 18.9 Å². The number of halogens is 1. The van der Waals surface area contributed by atoms with Crippen molar-refractivity contribution in [3.8, 4) is 5.75 Å². The van der Waals surface area contributed by atoms with Gasteiger partial charge < -0.3 is 19.5 Å². The van der Waals surface area contributed by atoms with Crippen LogP contribution in [0.4, 0.5) is 0 Å². The van der Waals surface area contributed by atoms with Crippen molar-refractivity contribution in [1.29, 1.82) is 0 Å². The van der Waals surface area contributed by atoms with Gasteiger partial charge >= 0.3 is 5.97 Å². The molecule has 0 aliphatic carbocycles. The van der Waals surface area contributed by atoms with E-state index in [0.29, 0.717) is 17.9 Å². The van der Waals surface area contributed by atoms with E-state index in [9.17, 15) is 9.59 Å². The molecule has 0 bridgehead atoms. The average molecular weight is 496 g/mol. The Bertz CT molecular complexity index is 1120. The number of aryl methyl sites for hydroxylation is 1. The van der Waals surface area contributed by atoms with Crippen LogP contribution in [-0.4, -0.2) is 18.4 Å². The van der Waals surface area contributed by atoms with Crippen LogP contribution in [0.25, 0.3) is 0 Å². The number of fused-ring (bicyclic) bond motifs is 1. The maximum atomic E-state index is 12.2. The molecule has 0 radical (unpaired) electrons. The monoisotopic (exact) mass is 495 g/mol. The molecule has 0 unspecified atom stereocenters. The summed E-state index contributed by atoms with van der Waals surface area (Å²) in [5.74, 6) is -0.219. The number of hydrogen-bond donors (Lipinski definition) is 1. The summed E-state index contributed by atoms with van der Waals surface area (Å²) in [4.78, 5) is 24.4. The lowest BCUT2D eigenvalue weighted by Gasteiger charge is -2.28. The van der Waals surface area contributed by atoms with Crippen LogP contribution in [0.3, 0.4) is 0 Å². The molecule has 0 saturated heterocycles. The van der Waals surface area contributed by atoms with Crippen LogP contribution in [0.1, 0.15) is 38.9 Å². The van der Waals surface area contributed by atoms with E-state index in [-0.39, 0.29) is 19.1 Å². The largest absolute Gasteiger partial charge is 0.460 e. The fourth-order valence-corrected chi connectivity index (χ4v) is 3.88. The summed E-state index contributed by atoms with van der Waals surface area (Å²) in [7, 11) is 0. The third kappa shape index (κ3) is 5.36. The van der Waals surface area contributed by atoms with E-state index >= 15 is 0 Å². The van der Waals surface area contributed by atoms with Crippen molar-refractivity contribution in [2.45, 2.75) is 26.4 Å². The Morgan fingerprint density at radius 3 is 2.59 bits per heavy atom. The van der Waals surface area contributed by atoms with Crippen LogP contribution in [0.5, 0.6) is 5.75 Å². The summed E-state index contributed by atoms with van der Waals surface area (Å²) in [5.41, 5.74) is 4.04. The lowest BCUT2D eigenvalue weighted by atomic mass is 10.1. The number of nitrogens with one attached hydrogen (secondary N) is 1. The Labute approximate surface area is 194 Å². The third-order valence-corrected chi connectivity index (χ3v) is 5.45. The van der Waals surface area contributed by atoms with Crippen molar-refractivity contribution >= 4 is 27.8 Å². The quantitative estimate of drug-likeness (QED) is 0.495. The molecular formula is C25H22BrNO5. The van der Waals surface area contributed by atoms with E-state index in [2.05, 4.69) is 21.2 Å². The zero-order chi connectivity index (χ0) is 22.5. The molecule has 4 rings (SSSR count). The molecule has 1 aliphatic rings. The van der Waals surface area contributed by atoms with Crippen LogP contribution in [0, 0.1) is 6.92 Å². The fraction of sp³-hybridized carbons (Fsp3) is 0.200. The third-order valence-electron chi connectivity index (χ3n) is 4.99. The zero-order valence-electron chi connectivity index (χ0n) is 17.5. The van der Waals surface area contributed by atoms with Gasteiger partial charge in [-0.2, -0.15) is 0 Å². The van der Waals surface area contributed by atoms with Crippen molar-refractivity contribution in [1.82, 2.24) is 5.32 Å². The minimum absolute atomic E-state index is 0.0164. The van der Waals surface area contributed by atoms with E-state index in [0.717, 1.165) is 26.7 Å². The van der Waals surface area contributed by atoms with E-state index in [4.69, 9.17) is 14.2 Å². The summed E-state index contributed by atoms with van der Waals surface area (Å²) in [6, 6.07) is 20.5. The maximum Gasteiger partial charge on any atom is 0.325 e. The van der Waals surface area contributed by atoms with Crippen LogP contribution in [0.2, 0.25) is 0 Å². The van der Waals surface area contributed by atoms with Gasteiger partial charge in [-0.1, -0.05) is 64.0 Å². The van der Waals surface area contributed by atoms with Crippen molar-refractivity contribution in [2.24, 2.45) is 0 Å². The van der Waals surface area contributed by atoms with Gasteiger partial charge in [-0.25, -0.2) is 0 Å². The van der Waals surface area contributed by atoms with E-state index in [1.165, 1.54) is 0 Å². The lowest BCUT2D eigenvalue weighted by molar-refractivity contribution is -0.144. The highest BCUT2D eigenvalue weighted by molar-refractivity contribution is 9.10. The summed E-state index contributed by atoms with van der Waals surface area (Å²) < 4.78 is 18.2. The number of rotatable bonds is 6. The number of carbonyl (C=O) groups excluding carboxylic acids is 2. The first-order valence-corrected chi connectivity index (χ1v) is 10.9. The summed E-state index contributed by atoms with van der Waals surface area (Å²) >= 11 is 3.48. The molecule has 32 heavy (non-hydrogen) atoms. The number of hydrogen-bond acceptors (Lipinski definition) is 5. The molecule has 0 saturated carbocycles. The summed E-state index contributed by atoms with van der Waals surface area (Å²) in [5, 5.41) is 2.58. The van der Waals surface area contributed by atoms with Gasteiger partial charge in [0, 0.05) is 26.7 Å². The van der Waals surface area contributed by atoms with Crippen molar-refractivity contribution in [3.05, 3.63) is 99.0 Å². The highest BCUT2D eigenvalue weighted by Gasteiger charge is 2.25. The fourth-order valence-electron chi connectivity index (χ4n) is 3.33. The molecule has 1 N–H and O–H groups in total. The summed E-state index contributed by atoms with van der Waals surface area (Å²) in [6.45, 7) is 2.11. The van der Waals surface area contributed by atoms with E-state index < -0.39 is 12.3 Å². The molecule has 0 aromatic heterocycles. The number of benzene rings is 3. The molecule has 0 spiro atoms. The molecule has 164 valence electrons. The smallest absolute Gasteiger partial charge is 0.325 e. The van der Waals surface area contributed by atoms with Crippen LogP contribution < -0.4 is 10.1 Å². The first-order chi connectivity index (χ1) is 15.5. The predicted molar refractivity (Wildman–Crippen MR) is 122 cm³/mol. The van der Waals surface area contributed by atoms with Gasteiger partial charge in [0.2, 0.25) is 6.29 Å². The predicted octanol–water partition coefficient (Wildman–Crippen LogP) is 4.84. The first-order valence-electron chi connectivity index (χ1n) is 10.1. The normalized spacial score (nSPS) is 14.8. The van der Waals surface area contributed by atoms with E-state index in [1.54, 1.807) is 12.1 Å². The van der Waals surface area contributed by atoms with Gasteiger partial charge in [-0.3, -0.25) is 9.59 Å². The number of amides is 1. The molecule has 1 amide bonds. The van der Waals surface area contributed by atoms with Crippen LogP contribution >= 0.6 is 15.9 Å². The van der Waals surface area contributed by atoms with E-state index in [1.807, 2.05) is 61.5 Å². The molecule has 7 heteroatoms. The van der Waals surface area contributed by atoms with Crippen LogP contribution in [0.15, 0.2) is 71.2 Å². The minimum Gasteiger partial charge on any atom is -0.460 e. The van der Waals surface area contributed by atoms with Gasteiger partial charge in [0.25, 0.3) is 5.91 Å². The Morgan fingerprint density at radius 2 is 1.84 bits per heavy atom. The first kappa shape index (κ1) is 22.0. The zero-order valence-corrected chi connectivity index (χ0v) is 19.1. The average Bonchev–Trinajstić information content (AvgIpc) is 2.81.